The first-order valence-electron chi connectivity index (χ1n) is 6.30. The molecule has 1 aliphatic heterocycles. The number of rotatable bonds is 4. The molecule has 108 valence electrons. The quantitative estimate of drug-likeness (QED) is 0.469. The number of piperazine rings is 1. The summed E-state index contributed by atoms with van der Waals surface area (Å²) >= 11 is 3.25. The zero-order valence-electron chi connectivity index (χ0n) is 10.9. The molecular formula is C12H15BrN4O3. The number of alkyl halides is 1. The third kappa shape index (κ3) is 3.24. The van der Waals surface area contributed by atoms with Crippen molar-refractivity contribution in [3.63, 3.8) is 0 Å². The third-order valence-corrected chi connectivity index (χ3v) is 3.65. The molecule has 0 N–H and O–H groups in total. The molecule has 0 saturated carbocycles. The molecule has 8 heteroatoms. The fraction of sp³-hybridized carbons (Fsp3) is 0.500. The van der Waals surface area contributed by atoms with Gasteiger partial charge < -0.3 is 9.80 Å². The van der Waals surface area contributed by atoms with Gasteiger partial charge in [0.05, 0.1) is 4.92 Å². The van der Waals surface area contributed by atoms with Crippen LogP contribution in [0.5, 0.6) is 0 Å². The molecule has 0 aromatic carbocycles. The summed E-state index contributed by atoms with van der Waals surface area (Å²) in [6.45, 7) is 2.37. The SMILES string of the molecule is O=C(CCBr)N1CCN(c2ccncc2[N+](=O)[O-])CC1. The van der Waals surface area contributed by atoms with E-state index >= 15 is 0 Å². The number of pyridine rings is 1. The maximum absolute atomic E-state index is 11.8. The average Bonchev–Trinajstić information content (AvgIpc) is 2.47. The Morgan fingerprint density at radius 3 is 2.70 bits per heavy atom. The number of halogens is 1. The van der Waals surface area contributed by atoms with Crippen LogP contribution in [0, 0.1) is 10.1 Å². The van der Waals surface area contributed by atoms with Crippen molar-refractivity contribution in [2.24, 2.45) is 0 Å². The van der Waals surface area contributed by atoms with E-state index in [0.29, 0.717) is 43.6 Å². The van der Waals surface area contributed by atoms with Crippen molar-refractivity contribution in [1.82, 2.24) is 9.88 Å². The van der Waals surface area contributed by atoms with Gasteiger partial charge in [0.15, 0.2) is 0 Å². The van der Waals surface area contributed by atoms with Crippen LogP contribution >= 0.6 is 15.9 Å². The lowest BCUT2D eigenvalue weighted by Crippen LogP contribution is -2.49. The van der Waals surface area contributed by atoms with E-state index in [0.717, 1.165) is 0 Å². The van der Waals surface area contributed by atoms with Crippen molar-refractivity contribution in [3.8, 4) is 0 Å². The van der Waals surface area contributed by atoms with Crippen molar-refractivity contribution in [1.29, 1.82) is 0 Å². The Bertz CT molecular complexity index is 503. The van der Waals surface area contributed by atoms with Gasteiger partial charge in [0.25, 0.3) is 0 Å². The van der Waals surface area contributed by atoms with Crippen molar-refractivity contribution in [2.75, 3.05) is 36.4 Å². The van der Waals surface area contributed by atoms with E-state index in [9.17, 15) is 14.9 Å². The summed E-state index contributed by atoms with van der Waals surface area (Å²) in [5.41, 5.74) is 0.574. The summed E-state index contributed by atoms with van der Waals surface area (Å²) < 4.78 is 0. The van der Waals surface area contributed by atoms with Gasteiger partial charge in [-0.3, -0.25) is 19.9 Å². The van der Waals surface area contributed by atoms with Crippen LogP contribution in [0.15, 0.2) is 18.5 Å². The van der Waals surface area contributed by atoms with E-state index < -0.39 is 4.92 Å². The molecular weight excluding hydrogens is 328 g/mol. The highest BCUT2D eigenvalue weighted by Crippen LogP contribution is 2.27. The Kier molecular flexibility index (Phi) is 4.89. The molecule has 0 bridgehead atoms. The monoisotopic (exact) mass is 342 g/mol. The Hall–Kier alpha value is -1.70. The van der Waals surface area contributed by atoms with Gasteiger partial charge in [-0.2, -0.15) is 0 Å². The number of hydrogen-bond acceptors (Lipinski definition) is 5. The zero-order valence-corrected chi connectivity index (χ0v) is 12.5. The van der Waals surface area contributed by atoms with Crippen LogP contribution < -0.4 is 4.90 Å². The normalized spacial score (nSPS) is 15.2. The standard InChI is InChI=1S/C12H15BrN4O3/c13-3-1-12(18)16-7-5-15(6-8-16)10-2-4-14-9-11(10)17(19)20/h2,4,9H,1,3,5-8H2. The second-order valence-corrected chi connectivity index (χ2v) is 5.22. The van der Waals surface area contributed by atoms with Gasteiger partial charge >= 0.3 is 5.69 Å². The smallest absolute Gasteiger partial charge is 0.310 e. The van der Waals surface area contributed by atoms with Gasteiger partial charge in [-0.1, -0.05) is 15.9 Å². The highest BCUT2D eigenvalue weighted by Gasteiger charge is 2.25. The second kappa shape index (κ2) is 6.65. The van der Waals surface area contributed by atoms with Crippen molar-refractivity contribution in [2.45, 2.75) is 6.42 Å². The maximum Gasteiger partial charge on any atom is 0.310 e. The Morgan fingerprint density at radius 2 is 2.10 bits per heavy atom. The highest BCUT2D eigenvalue weighted by molar-refractivity contribution is 9.09. The topological polar surface area (TPSA) is 79.6 Å². The summed E-state index contributed by atoms with van der Waals surface area (Å²) in [7, 11) is 0. The molecule has 2 rings (SSSR count). The van der Waals surface area contributed by atoms with Crippen LogP contribution in [-0.2, 0) is 4.79 Å². The van der Waals surface area contributed by atoms with Gasteiger partial charge in [-0.25, -0.2) is 0 Å². The number of anilines is 1. The summed E-state index contributed by atoms with van der Waals surface area (Å²) in [4.78, 5) is 29.9. The third-order valence-electron chi connectivity index (χ3n) is 3.26. The number of amides is 1. The van der Waals surface area contributed by atoms with E-state index in [1.54, 1.807) is 17.2 Å². The molecule has 20 heavy (non-hydrogen) atoms. The molecule has 1 aliphatic rings. The molecule has 0 unspecified atom stereocenters. The molecule has 1 fully saturated rings. The zero-order chi connectivity index (χ0) is 14.5. The van der Waals surface area contributed by atoms with E-state index in [1.165, 1.54) is 6.20 Å². The number of nitro groups is 1. The summed E-state index contributed by atoms with van der Waals surface area (Å²) in [5.74, 6) is 0.116. The van der Waals surface area contributed by atoms with Gasteiger partial charge in [0, 0.05) is 44.1 Å². The van der Waals surface area contributed by atoms with Crippen LogP contribution in [0.4, 0.5) is 11.4 Å². The minimum absolute atomic E-state index is 0.00716. The maximum atomic E-state index is 11.8. The largest absolute Gasteiger partial charge is 0.362 e. The molecule has 2 heterocycles. The molecule has 0 atom stereocenters. The predicted molar refractivity (Wildman–Crippen MR) is 78.1 cm³/mol. The molecule has 1 aromatic heterocycles. The van der Waals surface area contributed by atoms with Gasteiger partial charge in [0.2, 0.25) is 5.91 Å². The number of nitrogens with zero attached hydrogens (tertiary/aromatic N) is 4. The number of carbonyl (C=O) groups excluding carboxylic acids is 1. The molecule has 0 spiro atoms. The lowest BCUT2D eigenvalue weighted by atomic mass is 10.2. The van der Waals surface area contributed by atoms with Crippen LogP contribution in [0.25, 0.3) is 0 Å². The van der Waals surface area contributed by atoms with E-state index in [4.69, 9.17) is 0 Å². The molecule has 0 radical (unpaired) electrons. The van der Waals surface area contributed by atoms with E-state index in [1.807, 2.05) is 4.90 Å². The molecule has 1 saturated heterocycles. The molecule has 7 nitrogen and oxygen atoms in total. The number of hydrogen-bond donors (Lipinski definition) is 0. The van der Waals surface area contributed by atoms with Gasteiger partial charge in [0.1, 0.15) is 11.9 Å². The van der Waals surface area contributed by atoms with Gasteiger partial charge in [-0.15, -0.1) is 0 Å². The fourth-order valence-corrected chi connectivity index (χ4v) is 2.56. The van der Waals surface area contributed by atoms with Gasteiger partial charge in [-0.05, 0) is 6.07 Å². The first-order valence-corrected chi connectivity index (χ1v) is 7.42. The first-order chi connectivity index (χ1) is 9.63. The lowest BCUT2D eigenvalue weighted by molar-refractivity contribution is -0.384. The summed E-state index contributed by atoms with van der Waals surface area (Å²) in [5, 5.41) is 11.6. The fourth-order valence-electron chi connectivity index (χ4n) is 2.22. The molecule has 1 aromatic rings. The molecule has 1 amide bonds. The average molecular weight is 343 g/mol. The minimum atomic E-state index is -0.426. The molecule has 0 aliphatic carbocycles. The van der Waals surface area contributed by atoms with Crippen LogP contribution in [-0.4, -0.2) is 52.2 Å². The van der Waals surface area contributed by atoms with Crippen molar-refractivity contribution in [3.05, 3.63) is 28.6 Å². The lowest BCUT2D eigenvalue weighted by Gasteiger charge is -2.35. The Balaban J connectivity index is 2.04. The Morgan fingerprint density at radius 1 is 1.40 bits per heavy atom. The highest BCUT2D eigenvalue weighted by atomic mass is 79.9. The van der Waals surface area contributed by atoms with Crippen LogP contribution in [0.2, 0.25) is 0 Å². The second-order valence-electron chi connectivity index (χ2n) is 4.43. The van der Waals surface area contributed by atoms with E-state index in [-0.39, 0.29) is 11.6 Å². The summed E-state index contributed by atoms with van der Waals surface area (Å²) in [6, 6.07) is 1.65. The predicted octanol–water partition coefficient (Wildman–Crippen LogP) is 1.42. The van der Waals surface area contributed by atoms with E-state index in [2.05, 4.69) is 20.9 Å². The number of carbonyl (C=O) groups is 1. The van der Waals surface area contributed by atoms with Crippen molar-refractivity contribution >= 4 is 33.2 Å². The Labute approximate surface area is 124 Å². The first kappa shape index (κ1) is 14.7. The van der Waals surface area contributed by atoms with Crippen LogP contribution in [0.1, 0.15) is 6.42 Å². The number of aromatic nitrogens is 1. The minimum Gasteiger partial charge on any atom is -0.362 e. The summed E-state index contributed by atoms with van der Waals surface area (Å²) in [6.07, 6.45) is 3.29. The van der Waals surface area contributed by atoms with Crippen LogP contribution in [0.3, 0.4) is 0 Å². The van der Waals surface area contributed by atoms with Crippen molar-refractivity contribution < 1.29 is 9.72 Å².